The summed E-state index contributed by atoms with van der Waals surface area (Å²) in [5.41, 5.74) is 0. The first-order valence-electron chi connectivity index (χ1n) is 8.24. The minimum absolute atomic E-state index is 0.391. The number of methoxy groups -OCH3 is 2. The topological polar surface area (TPSA) is 124 Å². The molecule has 0 aromatic heterocycles. The van der Waals surface area contributed by atoms with E-state index in [1.165, 1.54) is 14.2 Å². The van der Waals surface area contributed by atoms with Crippen LogP contribution in [0.15, 0.2) is 0 Å². The highest BCUT2D eigenvalue weighted by Gasteiger charge is 2.40. The summed E-state index contributed by atoms with van der Waals surface area (Å²) in [4.78, 5) is 45.2. The van der Waals surface area contributed by atoms with E-state index in [4.69, 9.17) is 29.8 Å². The maximum atomic E-state index is 11.6. The van der Waals surface area contributed by atoms with Gasteiger partial charge in [-0.2, -0.15) is 0 Å². The van der Waals surface area contributed by atoms with Gasteiger partial charge < -0.3 is 28.4 Å². The monoisotopic (exact) mass is 379 g/mol. The molecule has 0 saturated carbocycles. The first-order valence-corrected chi connectivity index (χ1v) is 7.66. The van der Waals surface area contributed by atoms with Gasteiger partial charge in [-0.15, -0.1) is 0 Å². The maximum Gasteiger partial charge on any atom is 0.303 e. The van der Waals surface area contributed by atoms with Gasteiger partial charge in [-0.25, -0.2) is 0 Å². The average molecular weight is 379 g/mol. The fraction of sp³-hybridized carbons (Fsp3) is 0.750. The summed E-state index contributed by atoms with van der Waals surface area (Å²) in [5, 5.41) is 0. The normalized spacial score (nSPS) is 16.9. The molecule has 0 rings (SSSR count). The van der Waals surface area contributed by atoms with Crippen LogP contribution in [-0.2, 0) is 47.6 Å². The van der Waals surface area contributed by atoms with Crippen molar-refractivity contribution in [1.82, 2.24) is 0 Å². The van der Waals surface area contributed by atoms with Crippen molar-refractivity contribution in [3.05, 3.63) is 0 Å². The van der Waals surface area contributed by atoms with E-state index < -0.39 is 61.5 Å². The number of carbonyl (C=O) groups excluding carboxylic acids is 4. The Hall–Kier alpha value is -2.20. The Morgan fingerprint density at radius 3 is 1.65 bits per heavy atom. The molecule has 0 aliphatic heterocycles. The third kappa shape index (κ3) is 9.33. The van der Waals surface area contributed by atoms with E-state index in [9.17, 15) is 19.2 Å². The zero-order valence-electron chi connectivity index (χ0n) is 16.7. The number of hydrogen-bond donors (Lipinski definition) is 0. The van der Waals surface area contributed by atoms with Crippen LogP contribution in [0.1, 0.15) is 29.1 Å². The van der Waals surface area contributed by atoms with E-state index in [2.05, 4.69) is 0 Å². The molecule has 0 N–H and O–H groups in total. The highest BCUT2D eigenvalue weighted by molar-refractivity contribution is 5.67. The molecule has 0 aliphatic rings. The van der Waals surface area contributed by atoms with Crippen LogP contribution in [-0.4, -0.2) is 75.7 Å². The lowest BCUT2D eigenvalue weighted by atomic mass is 10.0. The quantitative estimate of drug-likeness (QED) is 0.358. The second kappa shape index (κ2) is 12.2. The molecule has 10 heteroatoms. The summed E-state index contributed by atoms with van der Waals surface area (Å²) in [5.74, 6) is -2.82. The largest absolute Gasteiger partial charge is 0.463 e. The lowest BCUT2D eigenvalue weighted by Gasteiger charge is -2.34. The van der Waals surface area contributed by atoms with Gasteiger partial charge in [0.25, 0.3) is 0 Å². The summed E-state index contributed by atoms with van der Waals surface area (Å²) < 4.78 is 38.4. The van der Waals surface area contributed by atoms with Crippen molar-refractivity contribution in [2.75, 3.05) is 27.4 Å². The smallest absolute Gasteiger partial charge is 0.303 e. The van der Waals surface area contributed by atoms with Gasteiger partial charge in [-0.3, -0.25) is 19.2 Å². The number of esters is 4. The predicted octanol–water partition coefficient (Wildman–Crippen LogP) is 0.00600. The molecule has 1 unspecified atom stereocenters. The van der Waals surface area contributed by atoms with Crippen LogP contribution in [0, 0.1) is 0 Å². The van der Waals surface area contributed by atoms with Crippen molar-refractivity contribution in [2.24, 2.45) is 0 Å². The molecule has 0 spiro atoms. The van der Waals surface area contributed by atoms with E-state index in [1.807, 2.05) is 0 Å². The molecule has 0 aromatic rings. The van der Waals surface area contributed by atoms with E-state index in [0.29, 0.717) is 0 Å². The first-order chi connectivity index (χ1) is 12.5. The second-order valence-electron chi connectivity index (χ2n) is 5.17. The van der Waals surface area contributed by atoms with Gasteiger partial charge >= 0.3 is 23.9 Å². The van der Waals surface area contributed by atoms with E-state index in [-0.39, 0.29) is 0 Å². The van der Waals surface area contributed by atoms with Crippen LogP contribution in [0.3, 0.4) is 0 Å². The number of hydrogen-bond acceptors (Lipinski definition) is 10. The summed E-state index contributed by atoms with van der Waals surface area (Å²) in [6, 6.07) is 0. The predicted molar refractivity (Wildman–Crippen MR) is 86.0 cm³/mol. The van der Waals surface area contributed by atoms with Crippen molar-refractivity contribution >= 4 is 23.9 Å². The molecule has 26 heavy (non-hydrogen) atoms. The van der Waals surface area contributed by atoms with Gasteiger partial charge in [-0.05, 0) is 0 Å². The lowest BCUT2D eigenvalue weighted by Crippen LogP contribution is -2.52. The SMILES string of the molecule is [2H]C(OC(C)=O)[C@H](OC)[C@@H](OC(C)=O)[C@H](OC)[C@@H](COC(C)=O)OC(C)=O. The first kappa shape index (κ1) is 21.8. The van der Waals surface area contributed by atoms with Gasteiger partial charge in [0.2, 0.25) is 0 Å². The molecule has 0 radical (unpaired) electrons. The minimum atomic E-state index is -1.57. The highest BCUT2D eigenvalue weighted by Crippen LogP contribution is 2.19. The van der Waals surface area contributed by atoms with Crippen molar-refractivity contribution in [3.8, 4) is 0 Å². The molecule has 0 saturated heterocycles. The zero-order valence-corrected chi connectivity index (χ0v) is 15.7. The number of ether oxygens (including phenoxy) is 6. The Morgan fingerprint density at radius 1 is 0.731 bits per heavy atom. The minimum Gasteiger partial charge on any atom is -0.463 e. The highest BCUT2D eigenvalue weighted by atomic mass is 16.6. The van der Waals surface area contributed by atoms with Crippen molar-refractivity contribution in [2.45, 2.75) is 52.1 Å². The fourth-order valence-electron chi connectivity index (χ4n) is 2.05. The van der Waals surface area contributed by atoms with Crippen LogP contribution in [0.4, 0.5) is 0 Å². The zero-order chi connectivity index (χ0) is 21.1. The molecule has 10 nitrogen and oxygen atoms in total. The summed E-state index contributed by atoms with van der Waals surface area (Å²) in [6.07, 6.45) is -4.97. The van der Waals surface area contributed by atoms with Gasteiger partial charge in [0, 0.05) is 41.9 Å². The molecule has 0 heterocycles. The average Bonchev–Trinajstić information content (AvgIpc) is 2.51. The molecule has 0 aliphatic carbocycles. The van der Waals surface area contributed by atoms with Gasteiger partial charge in [0.15, 0.2) is 12.2 Å². The number of rotatable bonds is 11. The third-order valence-corrected chi connectivity index (χ3v) is 3.00. The molecular weight excluding hydrogens is 352 g/mol. The molecule has 150 valence electrons. The van der Waals surface area contributed by atoms with E-state index in [1.54, 1.807) is 0 Å². The van der Waals surface area contributed by atoms with E-state index in [0.717, 1.165) is 27.7 Å². The van der Waals surface area contributed by atoms with Gasteiger partial charge in [0.05, 0.1) is 1.37 Å². The Bertz CT molecular complexity index is 523. The van der Waals surface area contributed by atoms with Crippen molar-refractivity contribution < 1.29 is 49.0 Å². The summed E-state index contributed by atoms with van der Waals surface area (Å²) in [6.45, 7) is 2.55. The summed E-state index contributed by atoms with van der Waals surface area (Å²) >= 11 is 0. The molecule has 0 bridgehead atoms. The van der Waals surface area contributed by atoms with Crippen molar-refractivity contribution in [1.29, 1.82) is 0 Å². The Labute approximate surface area is 153 Å². The van der Waals surface area contributed by atoms with Crippen LogP contribution in [0.2, 0.25) is 0 Å². The van der Waals surface area contributed by atoms with Crippen LogP contribution >= 0.6 is 0 Å². The second-order valence-corrected chi connectivity index (χ2v) is 5.17. The molecule has 0 amide bonds. The Morgan fingerprint density at radius 2 is 1.27 bits per heavy atom. The van der Waals surface area contributed by atoms with Gasteiger partial charge in [0.1, 0.15) is 25.4 Å². The van der Waals surface area contributed by atoms with Crippen molar-refractivity contribution in [3.63, 3.8) is 0 Å². The standard InChI is InChI=1S/C16H26O10/c1-9(17)23-7-13(21-5)16(26-12(4)20)15(22-6)14(25-11(3)19)8-24-10(2)18/h13-16H,7-8H2,1-6H3/t13-,14+,15+,16+/m0/s1/i7D/t7?,13-,14+,15+,16+. The third-order valence-electron chi connectivity index (χ3n) is 3.00. The Kier molecular flexibility index (Phi) is 10.3. The lowest BCUT2D eigenvalue weighted by molar-refractivity contribution is -0.196. The molecule has 5 atom stereocenters. The van der Waals surface area contributed by atoms with Crippen LogP contribution < -0.4 is 0 Å². The fourth-order valence-corrected chi connectivity index (χ4v) is 2.05. The Balaban J connectivity index is 5.80. The van der Waals surface area contributed by atoms with Crippen LogP contribution in [0.5, 0.6) is 0 Å². The maximum absolute atomic E-state index is 11.6. The van der Waals surface area contributed by atoms with Gasteiger partial charge in [-0.1, -0.05) is 0 Å². The molecule has 0 aromatic carbocycles. The molecular formula is C16H26O10. The van der Waals surface area contributed by atoms with E-state index >= 15 is 0 Å². The number of carbonyl (C=O) groups is 4. The molecule has 0 fully saturated rings. The van der Waals surface area contributed by atoms with Crippen LogP contribution in [0.25, 0.3) is 0 Å². The summed E-state index contributed by atoms with van der Waals surface area (Å²) in [7, 11) is 2.45.